The number of benzene rings is 2. The van der Waals surface area contributed by atoms with Crippen molar-refractivity contribution in [2.24, 2.45) is 0 Å². The highest BCUT2D eigenvalue weighted by Crippen LogP contribution is 2.32. The van der Waals surface area contributed by atoms with Gasteiger partial charge in [0.25, 0.3) is 0 Å². The van der Waals surface area contributed by atoms with Gasteiger partial charge in [0.2, 0.25) is 5.88 Å². The molecule has 3 rings (SSSR count). The summed E-state index contributed by atoms with van der Waals surface area (Å²) in [6, 6.07) is 17.2. The first-order valence-electron chi connectivity index (χ1n) is 10.5. The molecule has 0 aliphatic rings. The molecule has 7 heteroatoms. The van der Waals surface area contributed by atoms with E-state index in [0.717, 1.165) is 16.9 Å². The first-order chi connectivity index (χ1) is 15.0. The molecule has 0 amide bonds. The molecular formula is C24H30ClN3O3. The molecule has 1 aromatic heterocycles. The van der Waals surface area contributed by atoms with Crippen LogP contribution in [-0.2, 0) is 11.3 Å². The molecule has 1 N–H and O–H groups in total. The van der Waals surface area contributed by atoms with E-state index < -0.39 is 6.10 Å². The molecule has 0 saturated carbocycles. The summed E-state index contributed by atoms with van der Waals surface area (Å²) in [5, 5.41) is 15.7. The Morgan fingerprint density at radius 2 is 1.84 bits per heavy atom. The number of aryl methyl sites for hydroxylation is 1. The average Bonchev–Trinajstić information content (AvgIpc) is 3.09. The van der Waals surface area contributed by atoms with E-state index in [1.165, 1.54) is 0 Å². The van der Waals surface area contributed by atoms with Gasteiger partial charge in [-0.15, -0.1) is 0 Å². The van der Waals surface area contributed by atoms with Gasteiger partial charge < -0.3 is 14.6 Å². The summed E-state index contributed by atoms with van der Waals surface area (Å²) in [4.78, 5) is 2.17. The van der Waals surface area contributed by atoms with Crippen LogP contribution in [-0.4, -0.2) is 52.7 Å². The molecule has 0 aliphatic carbocycles. The lowest BCUT2D eigenvalue weighted by atomic mass is 10.2. The van der Waals surface area contributed by atoms with Crippen LogP contribution in [0.25, 0.3) is 5.69 Å². The number of rotatable bonds is 11. The second-order valence-corrected chi connectivity index (χ2v) is 7.90. The summed E-state index contributed by atoms with van der Waals surface area (Å²) >= 11 is 6.04. The van der Waals surface area contributed by atoms with E-state index in [4.69, 9.17) is 26.2 Å². The fourth-order valence-electron chi connectivity index (χ4n) is 3.29. The first-order valence-corrected chi connectivity index (χ1v) is 10.9. The van der Waals surface area contributed by atoms with Gasteiger partial charge in [-0.2, -0.15) is 5.10 Å². The first kappa shape index (κ1) is 23.3. The molecule has 0 aliphatic heterocycles. The van der Waals surface area contributed by atoms with Gasteiger partial charge in [-0.25, -0.2) is 4.68 Å². The number of aliphatic hydroxyl groups is 1. The van der Waals surface area contributed by atoms with Gasteiger partial charge >= 0.3 is 0 Å². The van der Waals surface area contributed by atoms with Crippen LogP contribution in [0.15, 0.2) is 54.6 Å². The molecule has 0 fully saturated rings. The highest BCUT2D eigenvalue weighted by molar-refractivity contribution is 6.30. The van der Waals surface area contributed by atoms with Gasteiger partial charge in [0.1, 0.15) is 5.75 Å². The van der Waals surface area contributed by atoms with E-state index in [2.05, 4.69) is 4.90 Å². The van der Waals surface area contributed by atoms with Crippen molar-refractivity contribution in [1.82, 2.24) is 14.7 Å². The van der Waals surface area contributed by atoms with E-state index in [-0.39, 0.29) is 0 Å². The van der Waals surface area contributed by atoms with E-state index in [0.29, 0.717) is 49.3 Å². The van der Waals surface area contributed by atoms with E-state index in [1.807, 2.05) is 61.0 Å². The zero-order valence-electron chi connectivity index (χ0n) is 18.3. The van der Waals surface area contributed by atoms with Crippen molar-refractivity contribution in [3.8, 4) is 17.3 Å². The van der Waals surface area contributed by atoms with Crippen molar-refractivity contribution in [1.29, 1.82) is 0 Å². The van der Waals surface area contributed by atoms with Crippen LogP contribution in [0.2, 0.25) is 5.02 Å². The Morgan fingerprint density at radius 1 is 1.13 bits per heavy atom. The third-order valence-corrected chi connectivity index (χ3v) is 5.35. The maximum Gasteiger partial charge on any atom is 0.227 e. The van der Waals surface area contributed by atoms with Crippen LogP contribution >= 0.6 is 11.6 Å². The number of ether oxygens (including phenoxy) is 2. The SMILES string of the molecule is CC[C@H](O)CN(CCOC)Cc1c(C)nn(-c2ccccc2)c1Oc1ccc(Cl)cc1. The van der Waals surface area contributed by atoms with Gasteiger partial charge in [0.15, 0.2) is 0 Å². The second kappa shape index (κ2) is 11.3. The van der Waals surface area contributed by atoms with E-state index in [9.17, 15) is 5.11 Å². The van der Waals surface area contributed by atoms with Crippen molar-refractivity contribution in [2.75, 3.05) is 26.8 Å². The van der Waals surface area contributed by atoms with Gasteiger partial charge in [-0.3, -0.25) is 4.90 Å². The summed E-state index contributed by atoms with van der Waals surface area (Å²) in [5.74, 6) is 1.33. The zero-order chi connectivity index (χ0) is 22.2. The molecule has 6 nitrogen and oxygen atoms in total. The van der Waals surface area contributed by atoms with Gasteiger partial charge in [0.05, 0.1) is 29.7 Å². The minimum absolute atomic E-state index is 0.401. The molecule has 0 radical (unpaired) electrons. The molecule has 0 bridgehead atoms. The number of aliphatic hydroxyl groups excluding tert-OH is 1. The minimum atomic E-state index is -0.401. The Hall–Kier alpha value is -2.38. The topological polar surface area (TPSA) is 59.8 Å². The maximum atomic E-state index is 10.2. The second-order valence-electron chi connectivity index (χ2n) is 7.46. The normalized spacial score (nSPS) is 12.3. The van der Waals surface area contributed by atoms with Crippen molar-refractivity contribution >= 4 is 11.6 Å². The highest BCUT2D eigenvalue weighted by atomic mass is 35.5. The molecular weight excluding hydrogens is 414 g/mol. The number of halogens is 1. The van der Waals surface area contributed by atoms with E-state index >= 15 is 0 Å². The molecule has 1 atom stereocenters. The van der Waals surface area contributed by atoms with Crippen LogP contribution in [0.4, 0.5) is 0 Å². The number of nitrogens with zero attached hydrogens (tertiary/aromatic N) is 3. The summed E-state index contributed by atoms with van der Waals surface area (Å²) in [7, 11) is 1.68. The Kier molecular flexibility index (Phi) is 8.49. The van der Waals surface area contributed by atoms with E-state index in [1.54, 1.807) is 19.2 Å². The predicted octanol–water partition coefficient (Wildman–Crippen LogP) is 4.85. The quantitative estimate of drug-likeness (QED) is 0.459. The smallest absolute Gasteiger partial charge is 0.227 e. The monoisotopic (exact) mass is 443 g/mol. The zero-order valence-corrected chi connectivity index (χ0v) is 19.0. The Morgan fingerprint density at radius 3 is 2.48 bits per heavy atom. The summed E-state index contributed by atoms with van der Waals surface area (Å²) in [6.07, 6.45) is 0.293. The van der Waals surface area contributed by atoms with Crippen molar-refractivity contribution in [3.05, 3.63) is 70.9 Å². The lowest BCUT2D eigenvalue weighted by molar-refractivity contribution is 0.0825. The number of methoxy groups -OCH3 is 1. The van der Waals surface area contributed by atoms with Crippen LogP contribution < -0.4 is 4.74 Å². The summed E-state index contributed by atoms with van der Waals surface area (Å²) < 4.78 is 13.4. The molecule has 0 unspecified atom stereocenters. The molecule has 1 heterocycles. The maximum absolute atomic E-state index is 10.2. The molecule has 31 heavy (non-hydrogen) atoms. The van der Waals surface area contributed by atoms with Crippen LogP contribution in [0.5, 0.6) is 11.6 Å². The Balaban J connectivity index is 1.99. The molecule has 0 saturated heterocycles. The summed E-state index contributed by atoms with van der Waals surface area (Å²) in [6.45, 7) is 6.37. The van der Waals surface area contributed by atoms with Crippen LogP contribution in [0.1, 0.15) is 24.6 Å². The molecule has 2 aromatic carbocycles. The van der Waals surface area contributed by atoms with Crippen LogP contribution in [0.3, 0.4) is 0 Å². The lowest BCUT2D eigenvalue weighted by Crippen LogP contribution is -2.34. The Bertz CT molecular complexity index is 945. The molecule has 3 aromatic rings. The largest absolute Gasteiger partial charge is 0.439 e. The standard InChI is InChI=1S/C24H30ClN3O3/c1-4-21(29)16-27(14-15-30-3)17-23-18(2)26-28(20-8-6-5-7-9-20)24(23)31-22-12-10-19(25)11-13-22/h5-13,21,29H,4,14-17H2,1-3H3/t21-/m0/s1. The third kappa shape index (κ3) is 6.31. The summed E-state index contributed by atoms with van der Waals surface area (Å²) in [5.41, 5.74) is 2.76. The number of para-hydroxylation sites is 1. The number of hydrogen-bond acceptors (Lipinski definition) is 5. The fraction of sp³-hybridized carbons (Fsp3) is 0.375. The predicted molar refractivity (Wildman–Crippen MR) is 123 cm³/mol. The average molecular weight is 444 g/mol. The minimum Gasteiger partial charge on any atom is -0.439 e. The van der Waals surface area contributed by atoms with Gasteiger partial charge in [0, 0.05) is 31.8 Å². The fourth-order valence-corrected chi connectivity index (χ4v) is 3.42. The molecule has 0 spiro atoms. The number of hydrogen-bond donors (Lipinski definition) is 1. The Labute approximate surface area is 189 Å². The highest BCUT2D eigenvalue weighted by Gasteiger charge is 2.22. The van der Waals surface area contributed by atoms with Crippen molar-refractivity contribution in [3.63, 3.8) is 0 Å². The van der Waals surface area contributed by atoms with Crippen molar-refractivity contribution in [2.45, 2.75) is 32.9 Å². The van der Waals surface area contributed by atoms with Gasteiger partial charge in [-0.05, 0) is 49.7 Å². The third-order valence-electron chi connectivity index (χ3n) is 5.10. The van der Waals surface area contributed by atoms with Crippen LogP contribution in [0, 0.1) is 6.92 Å². The molecule has 166 valence electrons. The van der Waals surface area contributed by atoms with Crippen molar-refractivity contribution < 1.29 is 14.6 Å². The lowest BCUT2D eigenvalue weighted by Gasteiger charge is -2.24. The van der Waals surface area contributed by atoms with Gasteiger partial charge in [-0.1, -0.05) is 36.7 Å². The number of aromatic nitrogens is 2.